The van der Waals surface area contributed by atoms with E-state index in [1.807, 2.05) is 55.1 Å². The largest absolute Gasteiger partial charge is 0.495 e. The number of ether oxygens (including phenoxy) is 1. The van der Waals surface area contributed by atoms with Gasteiger partial charge in [0.25, 0.3) is 0 Å². The highest BCUT2D eigenvalue weighted by Crippen LogP contribution is 2.35. The van der Waals surface area contributed by atoms with Crippen molar-refractivity contribution in [3.63, 3.8) is 0 Å². The van der Waals surface area contributed by atoms with Gasteiger partial charge in [-0.3, -0.25) is 14.5 Å². The summed E-state index contributed by atoms with van der Waals surface area (Å²) in [7, 11) is 1.54. The molecule has 1 aliphatic rings. The number of para-hydroxylation sites is 1. The number of nitrogens with zero attached hydrogens (tertiary/aromatic N) is 1. The minimum absolute atomic E-state index is 0.0253. The SMILES string of the molecule is CCC(=O)NC(c1ccc(NC(=O)Nc2ccccc2C)c(OC)c1)C1CCN(CC(=O)O)CC1. The average molecular weight is 483 g/mol. The van der Waals surface area contributed by atoms with E-state index in [2.05, 4.69) is 16.0 Å². The molecular weight excluding hydrogens is 448 g/mol. The molecule has 188 valence electrons. The van der Waals surface area contributed by atoms with Gasteiger partial charge in [0.05, 0.1) is 25.4 Å². The highest BCUT2D eigenvalue weighted by atomic mass is 16.5. The Balaban J connectivity index is 1.76. The van der Waals surface area contributed by atoms with Crippen molar-refractivity contribution in [1.29, 1.82) is 0 Å². The molecule has 1 unspecified atom stereocenters. The van der Waals surface area contributed by atoms with Crippen LogP contribution < -0.4 is 20.7 Å². The standard InChI is InChI=1S/C26H34N4O5/c1-4-23(31)29-25(18-11-13-30(14-12-18)16-24(32)33)19-9-10-21(22(15-19)35-3)28-26(34)27-20-8-6-5-7-17(20)2/h5-10,15,18,25H,4,11-14,16H2,1-3H3,(H,29,31)(H,32,33)(H2,27,28,34). The van der Waals surface area contributed by atoms with Crippen LogP contribution >= 0.6 is 0 Å². The number of benzene rings is 2. The van der Waals surface area contributed by atoms with Gasteiger partial charge in [-0.05, 0) is 68.1 Å². The Kier molecular flexibility index (Phi) is 9.08. The second kappa shape index (κ2) is 12.2. The van der Waals surface area contributed by atoms with Crippen LogP contribution in [0, 0.1) is 12.8 Å². The molecule has 1 fully saturated rings. The summed E-state index contributed by atoms with van der Waals surface area (Å²) in [6, 6.07) is 12.4. The number of aliphatic carboxylic acids is 1. The van der Waals surface area contributed by atoms with Crippen molar-refractivity contribution in [2.75, 3.05) is 37.4 Å². The Bertz CT molecular complexity index is 1050. The number of rotatable bonds is 9. The summed E-state index contributed by atoms with van der Waals surface area (Å²) in [6.07, 6.45) is 1.90. The molecule has 2 aromatic carbocycles. The van der Waals surface area contributed by atoms with Crippen molar-refractivity contribution in [3.05, 3.63) is 53.6 Å². The lowest BCUT2D eigenvalue weighted by molar-refractivity contribution is -0.138. The second-order valence-corrected chi connectivity index (χ2v) is 8.76. The molecule has 1 aliphatic heterocycles. The van der Waals surface area contributed by atoms with E-state index in [0.717, 1.165) is 29.7 Å². The Morgan fingerprint density at radius 2 is 1.77 bits per heavy atom. The number of methoxy groups -OCH3 is 1. The lowest BCUT2D eigenvalue weighted by atomic mass is 9.85. The zero-order valence-corrected chi connectivity index (χ0v) is 20.5. The van der Waals surface area contributed by atoms with E-state index in [0.29, 0.717) is 30.9 Å². The van der Waals surface area contributed by atoms with E-state index in [-0.39, 0.29) is 30.4 Å². The van der Waals surface area contributed by atoms with E-state index in [4.69, 9.17) is 9.84 Å². The number of carbonyl (C=O) groups is 3. The first-order valence-corrected chi connectivity index (χ1v) is 11.9. The van der Waals surface area contributed by atoms with Gasteiger partial charge in [0.15, 0.2) is 0 Å². The van der Waals surface area contributed by atoms with Crippen LogP contribution in [0.3, 0.4) is 0 Å². The number of urea groups is 1. The molecule has 9 nitrogen and oxygen atoms in total. The summed E-state index contributed by atoms with van der Waals surface area (Å²) in [5, 5.41) is 17.9. The summed E-state index contributed by atoms with van der Waals surface area (Å²) in [4.78, 5) is 37.9. The molecule has 0 spiro atoms. The molecule has 1 atom stereocenters. The molecule has 9 heteroatoms. The summed E-state index contributed by atoms with van der Waals surface area (Å²) in [6.45, 7) is 5.07. The van der Waals surface area contributed by atoms with Gasteiger partial charge in [-0.25, -0.2) is 4.79 Å². The van der Waals surface area contributed by atoms with Gasteiger partial charge in [-0.15, -0.1) is 0 Å². The maximum absolute atomic E-state index is 12.6. The van der Waals surface area contributed by atoms with Crippen LogP contribution in [0.25, 0.3) is 0 Å². The minimum Gasteiger partial charge on any atom is -0.495 e. The Hall–Kier alpha value is -3.59. The molecule has 0 saturated carbocycles. The van der Waals surface area contributed by atoms with Crippen LogP contribution in [0.1, 0.15) is 43.4 Å². The molecule has 1 saturated heterocycles. The molecule has 0 radical (unpaired) electrons. The summed E-state index contributed by atoms with van der Waals surface area (Å²) < 4.78 is 5.56. The number of hydrogen-bond donors (Lipinski definition) is 4. The third-order valence-corrected chi connectivity index (χ3v) is 6.33. The smallest absolute Gasteiger partial charge is 0.323 e. The zero-order valence-electron chi connectivity index (χ0n) is 20.5. The molecule has 0 aromatic heterocycles. The lowest BCUT2D eigenvalue weighted by Crippen LogP contribution is -2.42. The van der Waals surface area contributed by atoms with Gasteiger partial charge in [0.2, 0.25) is 5.91 Å². The molecule has 0 aliphatic carbocycles. The molecule has 2 aromatic rings. The van der Waals surface area contributed by atoms with E-state index in [9.17, 15) is 14.4 Å². The number of carbonyl (C=O) groups excluding carboxylic acids is 2. The minimum atomic E-state index is -0.835. The van der Waals surface area contributed by atoms with Crippen molar-refractivity contribution in [3.8, 4) is 5.75 Å². The lowest BCUT2D eigenvalue weighted by Gasteiger charge is -2.36. The van der Waals surface area contributed by atoms with Gasteiger partial charge in [-0.1, -0.05) is 31.2 Å². The van der Waals surface area contributed by atoms with Gasteiger partial charge >= 0.3 is 12.0 Å². The number of nitrogens with one attached hydrogen (secondary N) is 3. The average Bonchev–Trinajstić information content (AvgIpc) is 2.84. The first-order valence-electron chi connectivity index (χ1n) is 11.9. The quantitative estimate of drug-likeness (QED) is 0.429. The first kappa shape index (κ1) is 26.0. The van der Waals surface area contributed by atoms with Crippen molar-refractivity contribution in [2.45, 2.75) is 39.2 Å². The Morgan fingerprint density at radius 3 is 2.40 bits per heavy atom. The first-order chi connectivity index (χ1) is 16.8. The number of carboxylic acids is 1. The van der Waals surface area contributed by atoms with Gasteiger partial charge in [-0.2, -0.15) is 0 Å². The predicted octanol–water partition coefficient (Wildman–Crippen LogP) is 4.01. The molecule has 3 rings (SSSR count). The topological polar surface area (TPSA) is 120 Å². The fourth-order valence-electron chi connectivity index (χ4n) is 4.38. The highest BCUT2D eigenvalue weighted by molar-refractivity contribution is 6.01. The van der Waals surface area contributed by atoms with Crippen LogP contribution in [-0.4, -0.2) is 54.7 Å². The third-order valence-electron chi connectivity index (χ3n) is 6.33. The molecule has 35 heavy (non-hydrogen) atoms. The van der Waals surface area contributed by atoms with Crippen LogP contribution in [0.2, 0.25) is 0 Å². The van der Waals surface area contributed by atoms with Gasteiger partial charge in [0.1, 0.15) is 5.75 Å². The summed E-state index contributed by atoms with van der Waals surface area (Å²) in [5.41, 5.74) is 3.07. The number of hydrogen-bond acceptors (Lipinski definition) is 5. The monoisotopic (exact) mass is 482 g/mol. The molecule has 3 amide bonds. The van der Waals surface area contributed by atoms with Crippen molar-refractivity contribution in [1.82, 2.24) is 10.2 Å². The summed E-state index contributed by atoms with van der Waals surface area (Å²) in [5.74, 6) is -0.245. The zero-order chi connectivity index (χ0) is 25.4. The van der Waals surface area contributed by atoms with Gasteiger partial charge in [0, 0.05) is 12.1 Å². The number of aryl methyl sites for hydroxylation is 1. The van der Waals surface area contributed by atoms with E-state index in [1.54, 1.807) is 6.07 Å². The molecule has 1 heterocycles. The van der Waals surface area contributed by atoms with Crippen LogP contribution in [-0.2, 0) is 9.59 Å². The van der Waals surface area contributed by atoms with Crippen molar-refractivity contribution >= 4 is 29.3 Å². The normalized spacial score (nSPS) is 15.2. The van der Waals surface area contributed by atoms with Gasteiger partial charge < -0.3 is 25.8 Å². The van der Waals surface area contributed by atoms with Crippen molar-refractivity contribution < 1.29 is 24.2 Å². The predicted molar refractivity (Wildman–Crippen MR) is 135 cm³/mol. The Labute approximate surface area is 205 Å². The molecular formula is C26H34N4O5. The number of piperidine rings is 1. The fraction of sp³-hybridized carbons (Fsp3) is 0.423. The molecule has 0 bridgehead atoms. The van der Waals surface area contributed by atoms with E-state index in [1.165, 1.54) is 7.11 Å². The van der Waals surface area contributed by atoms with Crippen molar-refractivity contribution in [2.24, 2.45) is 5.92 Å². The number of likely N-dealkylation sites (tertiary alicyclic amines) is 1. The number of anilines is 2. The van der Waals surface area contributed by atoms with Crippen LogP contribution in [0.15, 0.2) is 42.5 Å². The maximum Gasteiger partial charge on any atom is 0.323 e. The molecule has 4 N–H and O–H groups in total. The highest BCUT2D eigenvalue weighted by Gasteiger charge is 2.30. The number of carboxylic acid groups (broad SMARTS) is 1. The number of amides is 3. The van der Waals surface area contributed by atoms with E-state index < -0.39 is 5.97 Å². The summed E-state index contributed by atoms with van der Waals surface area (Å²) >= 11 is 0. The van der Waals surface area contributed by atoms with Crippen LogP contribution in [0.5, 0.6) is 5.75 Å². The fourth-order valence-corrected chi connectivity index (χ4v) is 4.38. The van der Waals surface area contributed by atoms with Crippen LogP contribution in [0.4, 0.5) is 16.2 Å². The third kappa shape index (κ3) is 7.19. The van der Waals surface area contributed by atoms with E-state index >= 15 is 0 Å². The second-order valence-electron chi connectivity index (χ2n) is 8.76. The maximum atomic E-state index is 12.6. The Morgan fingerprint density at radius 1 is 1.09 bits per heavy atom.